The number of carbonyl (C=O) groups is 1. The molecule has 1 aromatic heterocycles. The fourth-order valence-corrected chi connectivity index (χ4v) is 2.34. The molecule has 0 saturated heterocycles. The van der Waals surface area contributed by atoms with Gasteiger partial charge in [-0.3, -0.25) is 10.1 Å². The molecule has 0 fully saturated rings. The Bertz CT molecular complexity index is 636. The average molecular weight is 320 g/mol. The van der Waals surface area contributed by atoms with Gasteiger partial charge in [0.15, 0.2) is 5.11 Å². The van der Waals surface area contributed by atoms with Gasteiger partial charge in [0, 0.05) is 11.0 Å². The standard InChI is InChI=1S/C15H13FN2OS2/c16-12-6-3-11(4-7-12)5-8-14(19)18-15(20)17-10-13-2-1-9-21-13/h1-9H,10H2,(H2,17,18,19,20). The van der Waals surface area contributed by atoms with Crippen LogP contribution >= 0.6 is 23.6 Å². The first kappa shape index (κ1) is 15.3. The number of thiophene rings is 1. The number of nitrogens with one attached hydrogen (secondary N) is 2. The van der Waals surface area contributed by atoms with E-state index in [1.54, 1.807) is 29.5 Å². The lowest BCUT2D eigenvalue weighted by molar-refractivity contribution is -0.115. The van der Waals surface area contributed by atoms with Crippen molar-refractivity contribution < 1.29 is 9.18 Å². The van der Waals surface area contributed by atoms with Gasteiger partial charge in [0.25, 0.3) is 0 Å². The lowest BCUT2D eigenvalue weighted by Crippen LogP contribution is -2.37. The highest BCUT2D eigenvalue weighted by Gasteiger charge is 2.01. The molecule has 0 spiro atoms. The van der Waals surface area contributed by atoms with Gasteiger partial charge in [-0.25, -0.2) is 4.39 Å². The van der Waals surface area contributed by atoms with Gasteiger partial charge in [-0.1, -0.05) is 18.2 Å². The highest BCUT2D eigenvalue weighted by molar-refractivity contribution is 7.80. The Morgan fingerprint density at radius 1 is 1.29 bits per heavy atom. The Morgan fingerprint density at radius 2 is 2.05 bits per heavy atom. The van der Waals surface area contributed by atoms with Crippen LogP contribution in [0.5, 0.6) is 0 Å². The normalized spacial score (nSPS) is 10.5. The van der Waals surface area contributed by atoms with Gasteiger partial charge in [-0.05, 0) is 47.4 Å². The molecule has 0 unspecified atom stereocenters. The van der Waals surface area contributed by atoms with Gasteiger partial charge in [0.2, 0.25) is 5.91 Å². The van der Waals surface area contributed by atoms with Gasteiger partial charge < -0.3 is 5.32 Å². The molecule has 0 aliphatic rings. The van der Waals surface area contributed by atoms with E-state index in [0.29, 0.717) is 6.54 Å². The monoisotopic (exact) mass is 320 g/mol. The van der Waals surface area contributed by atoms with Gasteiger partial charge in [0.1, 0.15) is 5.82 Å². The minimum Gasteiger partial charge on any atom is -0.357 e. The fourth-order valence-electron chi connectivity index (χ4n) is 1.52. The Kier molecular flexibility index (Phi) is 5.59. The van der Waals surface area contributed by atoms with Gasteiger partial charge in [0.05, 0.1) is 6.54 Å². The highest BCUT2D eigenvalue weighted by atomic mass is 32.1. The lowest BCUT2D eigenvalue weighted by atomic mass is 10.2. The lowest BCUT2D eigenvalue weighted by Gasteiger charge is -2.06. The van der Waals surface area contributed by atoms with Crippen LogP contribution in [-0.4, -0.2) is 11.0 Å². The maximum Gasteiger partial charge on any atom is 0.250 e. The maximum absolute atomic E-state index is 12.7. The van der Waals surface area contributed by atoms with E-state index in [-0.39, 0.29) is 16.8 Å². The quantitative estimate of drug-likeness (QED) is 0.672. The van der Waals surface area contributed by atoms with E-state index in [1.165, 1.54) is 18.2 Å². The van der Waals surface area contributed by atoms with Crippen LogP contribution in [0.4, 0.5) is 4.39 Å². The van der Waals surface area contributed by atoms with Crippen LogP contribution in [0.2, 0.25) is 0 Å². The third kappa shape index (κ3) is 5.45. The summed E-state index contributed by atoms with van der Waals surface area (Å²) in [4.78, 5) is 12.8. The number of amides is 1. The zero-order chi connectivity index (χ0) is 15.1. The van der Waals surface area contributed by atoms with Crippen molar-refractivity contribution in [2.75, 3.05) is 0 Å². The molecule has 0 aliphatic carbocycles. The van der Waals surface area contributed by atoms with E-state index in [0.717, 1.165) is 10.4 Å². The highest BCUT2D eigenvalue weighted by Crippen LogP contribution is 2.07. The number of thiocarbonyl (C=S) groups is 1. The second-order valence-corrected chi connectivity index (χ2v) is 5.58. The van der Waals surface area contributed by atoms with Gasteiger partial charge in [-0.15, -0.1) is 11.3 Å². The molecule has 6 heteroatoms. The smallest absolute Gasteiger partial charge is 0.250 e. The van der Waals surface area contributed by atoms with Crippen LogP contribution in [-0.2, 0) is 11.3 Å². The molecular formula is C15H13FN2OS2. The van der Waals surface area contributed by atoms with Crippen molar-refractivity contribution in [3.63, 3.8) is 0 Å². The number of benzene rings is 1. The second-order valence-electron chi connectivity index (χ2n) is 4.14. The number of hydrogen-bond acceptors (Lipinski definition) is 3. The first-order valence-electron chi connectivity index (χ1n) is 6.18. The Labute approximate surface area is 131 Å². The summed E-state index contributed by atoms with van der Waals surface area (Å²) in [5.74, 6) is -0.640. The Morgan fingerprint density at radius 3 is 2.71 bits per heavy atom. The Hall–Kier alpha value is -2.05. The van der Waals surface area contributed by atoms with Crippen molar-refractivity contribution in [1.82, 2.24) is 10.6 Å². The first-order valence-corrected chi connectivity index (χ1v) is 7.47. The zero-order valence-electron chi connectivity index (χ0n) is 11.0. The summed E-state index contributed by atoms with van der Waals surface area (Å²) in [7, 11) is 0. The predicted molar refractivity (Wildman–Crippen MR) is 87.3 cm³/mol. The first-order chi connectivity index (χ1) is 10.1. The molecule has 1 aromatic carbocycles. The van der Waals surface area contributed by atoms with E-state index in [1.807, 2.05) is 17.5 Å². The molecule has 0 atom stereocenters. The van der Waals surface area contributed by atoms with Crippen molar-refractivity contribution in [2.24, 2.45) is 0 Å². The summed E-state index contributed by atoms with van der Waals surface area (Å²) >= 11 is 6.64. The van der Waals surface area contributed by atoms with Crippen LogP contribution < -0.4 is 10.6 Å². The van der Waals surface area contributed by atoms with Crippen molar-refractivity contribution in [1.29, 1.82) is 0 Å². The molecule has 1 amide bonds. The molecule has 2 N–H and O–H groups in total. The van der Waals surface area contributed by atoms with Crippen molar-refractivity contribution >= 4 is 40.7 Å². The second kappa shape index (κ2) is 7.66. The van der Waals surface area contributed by atoms with E-state index >= 15 is 0 Å². The number of halogens is 1. The number of hydrogen-bond donors (Lipinski definition) is 2. The van der Waals surface area contributed by atoms with Gasteiger partial charge in [-0.2, -0.15) is 0 Å². The van der Waals surface area contributed by atoms with Crippen molar-refractivity contribution in [2.45, 2.75) is 6.54 Å². The Balaban J connectivity index is 1.78. The summed E-state index contributed by atoms with van der Waals surface area (Å²) in [6.07, 6.45) is 2.95. The van der Waals surface area contributed by atoms with E-state index in [9.17, 15) is 9.18 Å². The summed E-state index contributed by atoms with van der Waals surface area (Å²) in [6.45, 7) is 0.582. The van der Waals surface area contributed by atoms with Crippen LogP contribution in [0.15, 0.2) is 47.9 Å². The largest absolute Gasteiger partial charge is 0.357 e. The van der Waals surface area contributed by atoms with Crippen LogP contribution in [0, 0.1) is 5.82 Å². The topological polar surface area (TPSA) is 41.1 Å². The molecule has 21 heavy (non-hydrogen) atoms. The summed E-state index contributed by atoms with van der Waals surface area (Å²) in [5, 5.41) is 7.75. The molecule has 3 nitrogen and oxygen atoms in total. The zero-order valence-corrected chi connectivity index (χ0v) is 12.6. The van der Waals surface area contributed by atoms with Crippen LogP contribution in [0.25, 0.3) is 6.08 Å². The van der Waals surface area contributed by atoms with Crippen LogP contribution in [0.1, 0.15) is 10.4 Å². The molecule has 108 valence electrons. The minimum absolute atomic E-state index is 0.275. The molecule has 0 aliphatic heterocycles. The predicted octanol–water partition coefficient (Wildman–Crippen LogP) is 3.09. The maximum atomic E-state index is 12.7. The molecule has 0 radical (unpaired) electrons. The third-order valence-corrected chi connectivity index (χ3v) is 3.66. The van der Waals surface area contributed by atoms with Crippen LogP contribution in [0.3, 0.4) is 0 Å². The third-order valence-electron chi connectivity index (χ3n) is 2.54. The SMILES string of the molecule is O=C(C=Cc1ccc(F)cc1)NC(=S)NCc1cccs1. The summed E-state index contributed by atoms with van der Waals surface area (Å²) < 4.78 is 12.7. The van der Waals surface area contributed by atoms with E-state index in [2.05, 4.69) is 10.6 Å². The average Bonchev–Trinajstić information content (AvgIpc) is 2.98. The molecule has 2 aromatic rings. The minimum atomic E-state index is -0.331. The molecular weight excluding hydrogens is 307 g/mol. The van der Waals surface area contributed by atoms with Crippen molar-refractivity contribution in [3.05, 3.63) is 64.1 Å². The molecule has 0 saturated carbocycles. The summed E-state index contributed by atoms with van der Waals surface area (Å²) in [5.41, 5.74) is 0.740. The van der Waals surface area contributed by atoms with E-state index < -0.39 is 0 Å². The molecule has 1 heterocycles. The number of rotatable bonds is 4. The number of carbonyl (C=O) groups excluding carboxylic acids is 1. The van der Waals surface area contributed by atoms with Gasteiger partial charge >= 0.3 is 0 Å². The van der Waals surface area contributed by atoms with Crippen molar-refractivity contribution in [3.8, 4) is 0 Å². The van der Waals surface area contributed by atoms with E-state index in [4.69, 9.17) is 12.2 Å². The fraction of sp³-hybridized carbons (Fsp3) is 0.0667. The molecule has 2 rings (SSSR count). The molecule has 0 bridgehead atoms. The summed E-state index contributed by atoms with van der Waals surface area (Å²) in [6, 6.07) is 9.79.